The number of carbonyl (C=O) groups is 1. The number of hydrazone groups is 1. The number of nitrogens with zero attached hydrogens (tertiary/aromatic N) is 2. The second-order valence-electron chi connectivity index (χ2n) is 12.8. The molecular weight excluding hydrogens is 536 g/mol. The van der Waals surface area contributed by atoms with Crippen LogP contribution in [0.1, 0.15) is 77.0 Å². The van der Waals surface area contributed by atoms with E-state index in [0.717, 1.165) is 48.3 Å². The fourth-order valence-corrected chi connectivity index (χ4v) is 7.93. The molecule has 42 heavy (non-hydrogen) atoms. The zero-order valence-corrected chi connectivity index (χ0v) is 24.9. The zero-order valence-electron chi connectivity index (χ0n) is 24.9. The van der Waals surface area contributed by atoms with Crippen molar-refractivity contribution in [3.8, 4) is 11.5 Å². The second-order valence-corrected chi connectivity index (χ2v) is 12.8. The van der Waals surface area contributed by atoms with Crippen molar-refractivity contribution in [3.05, 3.63) is 59.7 Å². The molecule has 1 saturated carbocycles. The third kappa shape index (κ3) is 4.44. The highest BCUT2D eigenvalue weighted by atomic mass is 17.3. The van der Waals surface area contributed by atoms with Crippen LogP contribution in [0.3, 0.4) is 0 Å². The number of hydrogen-bond donors (Lipinski definition) is 0. The smallest absolute Gasteiger partial charge is 0.240 e. The molecule has 1 spiro atoms. The standard InChI is InChI=1S/C33H40N2O7/c1-19-6-15-27-20(2)30(39-31-33(27)26(19)16-17-32(4,40-31)41-42-33)38-25-13-7-22(8-14-25)28-18-29(35(34-28)21(3)36)23-9-11-24(37-5)12-10-23/h7-14,19-20,26-27,29-31H,6,15-18H2,1-5H3/t19-,20-,26+,27+,29?,30-,31-,32-,33-/m1/s1. The van der Waals surface area contributed by atoms with Crippen molar-refractivity contribution in [2.45, 2.75) is 89.8 Å². The van der Waals surface area contributed by atoms with Crippen LogP contribution in [0.4, 0.5) is 0 Å². The first-order valence-electron chi connectivity index (χ1n) is 15.2. The van der Waals surface area contributed by atoms with Gasteiger partial charge in [-0.2, -0.15) is 5.10 Å². The lowest BCUT2D eigenvalue weighted by Gasteiger charge is -2.60. The summed E-state index contributed by atoms with van der Waals surface area (Å²) >= 11 is 0. The molecule has 0 aromatic heterocycles. The Morgan fingerprint density at radius 3 is 2.43 bits per heavy atom. The van der Waals surface area contributed by atoms with Crippen molar-refractivity contribution in [1.82, 2.24) is 5.01 Å². The summed E-state index contributed by atoms with van der Waals surface area (Å²) in [5, 5.41) is 6.27. The van der Waals surface area contributed by atoms with E-state index in [9.17, 15) is 4.79 Å². The van der Waals surface area contributed by atoms with Crippen molar-refractivity contribution in [1.29, 1.82) is 0 Å². The van der Waals surface area contributed by atoms with E-state index in [1.54, 1.807) is 19.0 Å². The van der Waals surface area contributed by atoms with Crippen LogP contribution in [0.5, 0.6) is 11.5 Å². The Morgan fingerprint density at radius 2 is 1.71 bits per heavy atom. The summed E-state index contributed by atoms with van der Waals surface area (Å²) in [6, 6.07) is 15.5. The van der Waals surface area contributed by atoms with Gasteiger partial charge in [-0.1, -0.05) is 26.0 Å². The highest BCUT2D eigenvalue weighted by Gasteiger charge is 2.69. The predicted octanol–water partition coefficient (Wildman–Crippen LogP) is 5.98. The topological polar surface area (TPSA) is 88.1 Å². The first kappa shape index (κ1) is 27.8. The molecule has 5 aliphatic heterocycles. The molecule has 0 radical (unpaired) electrons. The summed E-state index contributed by atoms with van der Waals surface area (Å²) in [6.07, 6.45) is 3.54. The van der Waals surface area contributed by atoms with Gasteiger partial charge in [0.1, 0.15) is 11.5 Å². The average molecular weight is 577 g/mol. The lowest BCUT2D eigenvalue weighted by atomic mass is 9.58. The van der Waals surface area contributed by atoms with Gasteiger partial charge in [0.25, 0.3) is 0 Å². The zero-order chi connectivity index (χ0) is 29.2. The van der Waals surface area contributed by atoms with E-state index in [2.05, 4.69) is 13.8 Å². The largest absolute Gasteiger partial charge is 0.497 e. The third-order valence-corrected chi connectivity index (χ3v) is 10.3. The number of methoxy groups -OCH3 is 1. The Labute approximate surface area is 247 Å². The first-order valence-corrected chi connectivity index (χ1v) is 15.2. The Balaban J connectivity index is 1.08. The average Bonchev–Trinajstić information content (AvgIpc) is 3.32. The lowest BCUT2D eigenvalue weighted by Crippen LogP contribution is -2.70. The molecule has 2 bridgehead atoms. The van der Waals surface area contributed by atoms with Crippen LogP contribution in [-0.4, -0.2) is 47.7 Å². The molecule has 8 rings (SSSR count). The van der Waals surface area contributed by atoms with Crippen LogP contribution in [0.25, 0.3) is 0 Å². The highest BCUT2D eigenvalue weighted by molar-refractivity contribution is 6.03. The second kappa shape index (κ2) is 10.3. The molecule has 9 atom stereocenters. The van der Waals surface area contributed by atoms with Gasteiger partial charge in [0.15, 0.2) is 11.9 Å². The van der Waals surface area contributed by atoms with E-state index in [-0.39, 0.29) is 23.8 Å². The van der Waals surface area contributed by atoms with E-state index in [1.807, 2.05) is 55.5 Å². The lowest BCUT2D eigenvalue weighted by molar-refractivity contribution is -0.575. The molecule has 4 saturated heterocycles. The van der Waals surface area contributed by atoms with Crippen molar-refractivity contribution in [2.75, 3.05) is 7.11 Å². The summed E-state index contributed by atoms with van der Waals surface area (Å²) in [4.78, 5) is 24.6. The number of carbonyl (C=O) groups excluding carboxylic acids is 1. The molecule has 5 heterocycles. The van der Waals surface area contributed by atoms with Crippen molar-refractivity contribution in [3.63, 3.8) is 0 Å². The molecule has 9 nitrogen and oxygen atoms in total. The molecule has 6 aliphatic rings. The number of ether oxygens (including phenoxy) is 4. The summed E-state index contributed by atoms with van der Waals surface area (Å²) in [6.45, 7) is 7.99. The fourth-order valence-electron chi connectivity index (χ4n) is 7.93. The van der Waals surface area contributed by atoms with Gasteiger partial charge in [-0.25, -0.2) is 14.8 Å². The Kier molecular flexibility index (Phi) is 6.85. The Hall–Kier alpha value is -2.98. The fraction of sp³-hybridized carbons (Fsp3) is 0.576. The maximum absolute atomic E-state index is 12.5. The minimum atomic E-state index is -0.816. The van der Waals surface area contributed by atoms with Gasteiger partial charge in [-0.3, -0.25) is 4.79 Å². The summed E-state index contributed by atoms with van der Waals surface area (Å²) in [7, 11) is 1.64. The number of fused-ring (bicyclic) bond motifs is 2. The molecule has 224 valence electrons. The quantitative estimate of drug-likeness (QED) is 0.405. The molecule has 9 heteroatoms. The molecule has 2 aromatic rings. The van der Waals surface area contributed by atoms with Gasteiger partial charge in [-0.15, -0.1) is 0 Å². The molecule has 1 aliphatic carbocycles. The normalized spacial score (nSPS) is 38.8. The minimum Gasteiger partial charge on any atom is -0.497 e. The van der Waals surface area contributed by atoms with Gasteiger partial charge in [-0.05, 0) is 85.5 Å². The Bertz CT molecular complexity index is 1360. The SMILES string of the molecule is COc1ccc(C2CC(c3ccc(O[C@@H]4O[C@@H]5O[C@@]6(C)CC[C@H]7[C@H](C)CC[C@@H]([C@H]4C)[C@@]57OO6)cc3)=NN2C(C)=O)cc1. The molecule has 5 fully saturated rings. The van der Waals surface area contributed by atoms with E-state index < -0.39 is 24.0 Å². The van der Waals surface area contributed by atoms with E-state index in [1.165, 1.54) is 0 Å². The molecular formula is C33H40N2O7. The number of rotatable bonds is 5. The van der Waals surface area contributed by atoms with Crippen LogP contribution in [0, 0.1) is 23.7 Å². The van der Waals surface area contributed by atoms with Crippen LogP contribution >= 0.6 is 0 Å². The molecule has 2 aromatic carbocycles. The predicted molar refractivity (Wildman–Crippen MR) is 153 cm³/mol. The van der Waals surface area contributed by atoms with E-state index >= 15 is 0 Å². The first-order chi connectivity index (χ1) is 20.2. The highest BCUT2D eigenvalue weighted by Crippen LogP contribution is 2.60. The van der Waals surface area contributed by atoms with E-state index in [4.69, 9.17) is 33.8 Å². The van der Waals surface area contributed by atoms with Crippen molar-refractivity contribution in [2.24, 2.45) is 28.8 Å². The van der Waals surface area contributed by atoms with Gasteiger partial charge >= 0.3 is 0 Å². The number of benzene rings is 2. The third-order valence-electron chi connectivity index (χ3n) is 10.3. The number of amides is 1. The summed E-state index contributed by atoms with van der Waals surface area (Å²) in [5.41, 5.74) is 2.22. The molecule has 0 N–H and O–H groups in total. The van der Waals surface area contributed by atoms with Gasteiger partial charge in [0, 0.05) is 31.6 Å². The van der Waals surface area contributed by atoms with Crippen LogP contribution in [-0.2, 0) is 24.0 Å². The molecule has 1 unspecified atom stereocenters. The van der Waals surface area contributed by atoms with Gasteiger partial charge in [0.05, 0.1) is 18.9 Å². The monoisotopic (exact) mass is 576 g/mol. The minimum absolute atomic E-state index is 0.0826. The van der Waals surface area contributed by atoms with Crippen LogP contribution in [0.2, 0.25) is 0 Å². The summed E-state index contributed by atoms with van der Waals surface area (Å²) in [5.74, 6) is 1.69. The van der Waals surface area contributed by atoms with Crippen LogP contribution < -0.4 is 9.47 Å². The molecule has 1 amide bonds. The van der Waals surface area contributed by atoms with Gasteiger partial charge < -0.3 is 18.9 Å². The maximum Gasteiger partial charge on any atom is 0.240 e. The summed E-state index contributed by atoms with van der Waals surface area (Å²) < 4.78 is 24.8. The van der Waals surface area contributed by atoms with E-state index in [0.29, 0.717) is 24.0 Å². The van der Waals surface area contributed by atoms with Crippen molar-refractivity contribution >= 4 is 11.6 Å². The van der Waals surface area contributed by atoms with Crippen LogP contribution in [0.15, 0.2) is 53.6 Å². The van der Waals surface area contributed by atoms with Gasteiger partial charge in [0.2, 0.25) is 18.0 Å². The maximum atomic E-state index is 12.5. The number of hydrogen-bond acceptors (Lipinski definition) is 8. The van der Waals surface area contributed by atoms with Crippen molar-refractivity contribution < 1.29 is 33.5 Å². The Morgan fingerprint density at radius 1 is 0.976 bits per heavy atom.